The Morgan fingerprint density at radius 3 is 2.40 bits per heavy atom. The third kappa shape index (κ3) is 3.81. The van der Waals surface area contributed by atoms with Crippen molar-refractivity contribution in [2.75, 3.05) is 25.6 Å². The van der Waals surface area contributed by atoms with Gasteiger partial charge in [0.15, 0.2) is 0 Å². The third-order valence-corrected chi connectivity index (χ3v) is 4.66. The smallest absolute Gasteiger partial charge is 0.148 e. The molecule has 0 amide bonds. The lowest BCUT2D eigenvalue weighted by molar-refractivity contribution is 0.277. The fraction of sp³-hybridized carbons (Fsp3) is 0.375. The number of rotatable bonds is 5. The van der Waals surface area contributed by atoms with E-state index in [0.29, 0.717) is 6.54 Å². The van der Waals surface area contributed by atoms with Crippen LogP contribution in [0.2, 0.25) is 0 Å². The quantitative estimate of drug-likeness (QED) is 0.850. The van der Waals surface area contributed by atoms with Gasteiger partial charge in [-0.1, -0.05) is 36.4 Å². The van der Waals surface area contributed by atoms with Gasteiger partial charge in [-0.2, -0.15) is 0 Å². The summed E-state index contributed by atoms with van der Waals surface area (Å²) in [5, 5.41) is 2.44. The van der Waals surface area contributed by atoms with Crippen LogP contribution >= 0.6 is 0 Å². The van der Waals surface area contributed by atoms with E-state index in [9.17, 15) is 8.42 Å². The molecule has 0 aromatic heterocycles. The summed E-state index contributed by atoms with van der Waals surface area (Å²) in [6, 6.07) is 14.9. The van der Waals surface area contributed by atoms with Crippen molar-refractivity contribution in [1.82, 2.24) is 4.90 Å². The first-order valence-corrected chi connectivity index (χ1v) is 8.79. The van der Waals surface area contributed by atoms with Crippen molar-refractivity contribution in [3.63, 3.8) is 0 Å². The Kier molecular flexibility index (Phi) is 4.45. The van der Waals surface area contributed by atoms with Crippen molar-refractivity contribution in [2.45, 2.75) is 13.0 Å². The van der Waals surface area contributed by atoms with E-state index in [2.05, 4.69) is 42.2 Å². The monoisotopic (exact) mass is 291 g/mol. The maximum absolute atomic E-state index is 11.2. The van der Waals surface area contributed by atoms with Crippen LogP contribution in [0.4, 0.5) is 0 Å². The van der Waals surface area contributed by atoms with Gasteiger partial charge in [0.25, 0.3) is 0 Å². The molecule has 0 radical (unpaired) electrons. The number of nitrogens with zero attached hydrogens (tertiary/aromatic N) is 1. The first-order chi connectivity index (χ1) is 9.37. The topological polar surface area (TPSA) is 37.4 Å². The van der Waals surface area contributed by atoms with E-state index < -0.39 is 9.84 Å². The number of benzene rings is 2. The van der Waals surface area contributed by atoms with Crippen LogP contribution in [-0.2, 0) is 9.84 Å². The summed E-state index contributed by atoms with van der Waals surface area (Å²) >= 11 is 0. The zero-order valence-corrected chi connectivity index (χ0v) is 13.0. The van der Waals surface area contributed by atoms with Gasteiger partial charge in [-0.15, -0.1) is 0 Å². The van der Waals surface area contributed by atoms with E-state index in [-0.39, 0.29) is 11.8 Å². The summed E-state index contributed by atoms with van der Waals surface area (Å²) < 4.78 is 22.5. The van der Waals surface area contributed by atoms with E-state index >= 15 is 0 Å². The highest BCUT2D eigenvalue weighted by Crippen LogP contribution is 2.23. The van der Waals surface area contributed by atoms with Gasteiger partial charge < -0.3 is 0 Å². The second-order valence-electron chi connectivity index (χ2n) is 5.39. The predicted molar refractivity (Wildman–Crippen MR) is 84.7 cm³/mol. The van der Waals surface area contributed by atoms with Gasteiger partial charge in [0, 0.05) is 18.8 Å². The van der Waals surface area contributed by atoms with Gasteiger partial charge in [0.1, 0.15) is 9.84 Å². The molecule has 4 heteroatoms. The lowest BCUT2D eigenvalue weighted by Crippen LogP contribution is -2.28. The molecule has 2 aromatic carbocycles. The minimum absolute atomic E-state index is 0.196. The van der Waals surface area contributed by atoms with Crippen LogP contribution in [0.5, 0.6) is 0 Å². The summed E-state index contributed by atoms with van der Waals surface area (Å²) in [6.07, 6.45) is 1.28. The first-order valence-electron chi connectivity index (χ1n) is 6.73. The van der Waals surface area contributed by atoms with E-state index in [1.54, 1.807) is 0 Å². The van der Waals surface area contributed by atoms with Gasteiger partial charge in [0.2, 0.25) is 0 Å². The Labute approximate surface area is 121 Å². The molecular weight excluding hydrogens is 270 g/mol. The van der Waals surface area contributed by atoms with Crippen LogP contribution in [0.3, 0.4) is 0 Å². The van der Waals surface area contributed by atoms with Crippen molar-refractivity contribution >= 4 is 20.6 Å². The maximum Gasteiger partial charge on any atom is 0.148 e. The molecule has 0 bridgehead atoms. The predicted octanol–water partition coefficient (Wildman–Crippen LogP) is 2.88. The molecular formula is C16H21NO2S. The number of fused-ring (bicyclic) bond motifs is 1. The van der Waals surface area contributed by atoms with Gasteiger partial charge in [-0.25, -0.2) is 8.42 Å². The van der Waals surface area contributed by atoms with Crippen molar-refractivity contribution in [3.05, 3.63) is 48.0 Å². The second kappa shape index (κ2) is 5.94. The van der Waals surface area contributed by atoms with Crippen LogP contribution in [0.15, 0.2) is 42.5 Å². The van der Waals surface area contributed by atoms with Gasteiger partial charge in [-0.3, -0.25) is 4.90 Å². The maximum atomic E-state index is 11.2. The Hall–Kier alpha value is -1.39. The number of sulfone groups is 1. The molecule has 0 heterocycles. The molecule has 0 aliphatic rings. The van der Waals surface area contributed by atoms with Gasteiger partial charge >= 0.3 is 0 Å². The number of hydrogen-bond donors (Lipinski definition) is 0. The molecule has 0 N–H and O–H groups in total. The Morgan fingerprint density at radius 2 is 1.75 bits per heavy atom. The molecule has 0 saturated heterocycles. The summed E-state index contributed by atoms with van der Waals surface area (Å²) in [5.41, 5.74) is 1.21. The highest BCUT2D eigenvalue weighted by Gasteiger charge is 2.14. The van der Waals surface area contributed by atoms with Crippen LogP contribution in [0.25, 0.3) is 10.8 Å². The zero-order chi connectivity index (χ0) is 14.8. The summed E-state index contributed by atoms with van der Waals surface area (Å²) in [7, 11) is -0.948. The van der Waals surface area contributed by atoms with E-state index in [4.69, 9.17) is 0 Å². The van der Waals surface area contributed by atoms with Gasteiger partial charge in [-0.05, 0) is 36.4 Å². The Morgan fingerprint density at radius 1 is 1.10 bits per heavy atom. The summed E-state index contributed by atoms with van der Waals surface area (Å²) in [6.45, 7) is 2.65. The summed E-state index contributed by atoms with van der Waals surface area (Å²) in [4.78, 5) is 2.07. The highest BCUT2D eigenvalue weighted by atomic mass is 32.2. The molecule has 1 unspecified atom stereocenters. The van der Waals surface area contributed by atoms with Crippen molar-refractivity contribution in [2.24, 2.45) is 0 Å². The van der Waals surface area contributed by atoms with Crippen LogP contribution in [-0.4, -0.2) is 38.9 Å². The molecule has 0 aliphatic carbocycles. The standard InChI is InChI=1S/C16H21NO2S/c1-13(17(2)10-11-20(3,18)19)15-9-8-14-6-4-5-7-16(14)12-15/h4-9,12-13H,10-11H2,1-3H3. The highest BCUT2D eigenvalue weighted by molar-refractivity contribution is 7.90. The van der Waals surface area contributed by atoms with Crippen molar-refractivity contribution < 1.29 is 8.42 Å². The molecule has 2 aromatic rings. The lowest BCUT2D eigenvalue weighted by Gasteiger charge is -2.25. The Balaban J connectivity index is 2.15. The van der Waals surface area contributed by atoms with Crippen LogP contribution < -0.4 is 0 Å². The average molecular weight is 291 g/mol. The Bertz CT molecular complexity index is 694. The van der Waals surface area contributed by atoms with Crippen LogP contribution in [0, 0.1) is 0 Å². The molecule has 2 rings (SSSR count). The fourth-order valence-electron chi connectivity index (χ4n) is 2.23. The minimum Gasteiger partial charge on any atom is -0.299 e. The molecule has 108 valence electrons. The molecule has 1 atom stereocenters. The minimum atomic E-state index is -2.91. The largest absolute Gasteiger partial charge is 0.299 e. The third-order valence-electron chi connectivity index (χ3n) is 3.73. The van der Waals surface area contributed by atoms with Gasteiger partial charge in [0.05, 0.1) is 5.75 Å². The second-order valence-corrected chi connectivity index (χ2v) is 7.65. The fourth-order valence-corrected chi connectivity index (χ4v) is 2.85. The van der Waals surface area contributed by atoms with E-state index in [1.807, 2.05) is 19.2 Å². The van der Waals surface area contributed by atoms with Crippen LogP contribution in [0.1, 0.15) is 18.5 Å². The normalized spacial score (nSPS) is 13.8. The van der Waals surface area contributed by atoms with E-state index in [1.165, 1.54) is 22.6 Å². The molecule has 0 saturated carbocycles. The first kappa shape index (κ1) is 15.0. The van der Waals surface area contributed by atoms with Crippen molar-refractivity contribution in [1.29, 1.82) is 0 Å². The molecule has 0 aliphatic heterocycles. The average Bonchev–Trinajstić information content (AvgIpc) is 2.42. The SMILES string of the molecule is CC(c1ccc2ccccc2c1)N(C)CCS(C)(=O)=O. The lowest BCUT2D eigenvalue weighted by atomic mass is 10.0. The molecule has 3 nitrogen and oxygen atoms in total. The molecule has 0 spiro atoms. The number of hydrogen-bond acceptors (Lipinski definition) is 3. The van der Waals surface area contributed by atoms with Crippen molar-refractivity contribution in [3.8, 4) is 0 Å². The summed E-state index contributed by atoms with van der Waals surface area (Å²) in [5.74, 6) is 0.196. The molecule has 20 heavy (non-hydrogen) atoms. The molecule has 0 fully saturated rings. The zero-order valence-electron chi connectivity index (χ0n) is 12.2. The van der Waals surface area contributed by atoms with E-state index in [0.717, 1.165) is 0 Å².